The average molecular weight is 968 g/mol. The fourth-order valence-corrected chi connectivity index (χ4v) is 10.8. The van der Waals surface area contributed by atoms with Crippen LogP contribution in [-0.2, 0) is 4.74 Å². The lowest BCUT2D eigenvalue weighted by molar-refractivity contribution is 0.0710. The number of benzene rings is 2. The Kier molecular flexibility index (Phi) is 32.5. The summed E-state index contributed by atoms with van der Waals surface area (Å²) in [6.07, 6.45) is 52.8. The van der Waals surface area contributed by atoms with E-state index in [0.717, 1.165) is 50.4 Å². The van der Waals surface area contributed by atoms with Crippen LogP contribution in [0.1, 0.15) is 311 Å². The SMILES string of the molecule is CCCCCCCCCCCCN(CCCCCCCCCCCC)c1ccc2c(c1)OC(=C1OC(=O)c3ccc(N(CCCCCCCCCCCC)CCCCCCCCCCCC)cc31)C2=O. The van der Waals surface area contributed by atoms with Crippen LogP contribution in [0.2, 0.25) is 0 Å². The van der Waals surface area contributed by atoms with Gasteiger partial charge in [0.15, 0.2) is 5.76 Å². The van der Waals surface area contributed by atoms with Gasteiger partial charge in [-0.2, -0.15) is 0 Å². The van der Waals surface area contributed by atoms with Gasteiger partial charge in [0.1, 0.15) is 5.75 Å². The maximum atomic E-state index is 14.2. The van der Waals surface area contributed by atoms with E-state index in [2.05, 4.69) is 61.8 Å². The van der Waals surface area contributed by atoms with Crippen LogP contribution in [0.25, 0.3) is 5.76 Å². The van der Waals surface area contributed by atoms with E-state index in [4.69, 9.17) is 9.47 Å². The molecule has 0 amide bonds. The molecule has 0 fully saturated rings. The zero-order valence-corrected chi connectivity index (χ0v) is 46.1. The minimum Gasteiger partial charge on any atom is -0.448 e. The first-order valence-corrected chi connectivity index (χ1v) is 30.5. The maximum Gasteiger partial charge on any atom is 0.344 e. The van der Waals surface area contributed by atoms with Gasteiger partial charge in [0.2, 0.25) is 11.5 Å². The molecule has 0 N–H and O–H groups in total. The molecule has 4 rings (SSSR count). The van der Waals surface area contributed by atoms with E-state index in [1.54, 1.807) is 0 Å². The van der Waals surface area contributed by atoms with Crippen molar-refractivity contribution in [1.29, 1.82) is 0 Å². The molecule has 6 heteroatoms. The van der Waals surface area contributed by atoms with Gasteiger partial charge in [-0.05, 0) is 56.0 Å². The van der Waals surface area contributed by atoms with Gasteiger partial charge in [-0.3, -0.25) is 4.79 Å². The summed E-state index contributed by atoms with van der Waals surface area (Å²) in [6.45, 7) is 13.2. The molecule has 396 valence electrons. The second-order valence-electron chi connectivity index (χ2n) is 21.6. The first-order chi connectivity index (χ1) is 34.5. The number of allylic oxidation sites excluding steroid dienone is 1. The summed E-state index contributed by atoms with van der Waals surface area (Å²) in [5.41, 5.74) is 3.95. The number of carbonyl (C=O) groups is 2. The summed E-state index contributed by atoms with van der Waals surface area (Å²) < 4.78 is 12.5. The van der Waals surface area contributed by atoms with Crippen LogP contribution in [-0.4, -0.2) is 37.9 Å². The molecular formula is C64H106N2O4. The number of cyclic esters (lactones) is 1. The summed E-state index contributed by atoms with van der Waals surface area (Å²) in [5, 5.41) is 0. The Morgan fingerprint density at radius 1 is 0.314 bits per heavy atom. The highest BCUT2D eigenvalue weighted by Gasteiger charge is 2.38. The molecule has 0 spiro atoms. The zero-order chi connectivity index (χ0) is 49.7. The number of anilines is 2. The van der Waals surface area contributed by atoms with Crippen molar-refractivity contribution in [3.8, 4) is 5.75 Å². The quantitative estimate of drug-likeness (QED) is 0.0374. The van der Waals surface area contributed by atoms with Gasteiger partial charge >= 0.3 is 5.97 Å². The minimum absolute atomic E-state index is 0.142. The van der Waals surface area contributed by atoms with Gasteiger partial charge < -0.3 is 19.3 Å². The molecule has 0 atom stereocenters. The van der Waals surface area contributed by atoms with Gasteiger partial charge in [0.25, 0.3) is 0 Å². The summed E-state index contributed by atoms with van der Waals surface area (Å²) in [4.78, 5) is 32.6. The Bertz CT molecular complexity index is 1670. The standard InChI is InChI=1S/C64H106N2O4/c1-5-9-13-17-21-25-29-33-37-41-49-65(50-42-38-34-30-26-22-18-14-10-6-2)55-45-47-57-59(53-55)62(70-64(57)68)63-61(67)58-48-46-56(54-60(58)69-63)66(51-43-39-35-31-27-23-19-15-11-7-3)52-44-40-36-32-28-24-20-16-12-8-4/h45-48,53-54H,5-44,49-52H2,1-4H3. The molecule has 0 saturated carbocycles. The van der Waals surface area contributed by atoms with Gasteiger partial charge in [0, 0.05) is 49.2 Å². The molecule has 0 unspecified atom stereocenters. The molecule has 0 saturated heterocycles. The molecular weight excluding hydrogens is 861 g/mol. The predicted molar refractivity (Wildman–Crippen MR) is 302 cm³/mol. The summed E-state index contributed by atoms with van der Waals surface area (Å²) >= 11 is 0. The fourth-order valence-electron chi connectivity index (χ4n) is 10.8. The Hall–Kier alpha value is -3.28. The Morgan fingerprint density at radius 2 is 0.614 bits per heavy atom. The largest absolute Gasteiger partial charge is 0.448 e. The topological polar surface area (TPSA) is 59.1 Å². The van der Waals surface area contributed by atoms with E-state index in [-0.39, 0.29) is 17.3 Å². The highest BCUT2D eigenvalue weighted by atomic mass is 16.6. The van der Waals surface area contributed by atoms with Crippen LogP contribution >= 0.6 is 0 Å². The highest BCUT2D eigenvalue weighted by molar-refractivity contribution is 6.18. The molecule has 0 bridgehead atoms. The maximum absolute atomic E-state index is 14.2. The van der Waals surface area contributed by atoms with Crippen LogP contribution in [0.3, 0.4) is 0 Å². The first kappa shape index (κ1) is 59.3. The number of Topliss-reactive ketones (excluding diaryl/α,β-unsaturated/α-hetero) is 1. The Labute approximate surface area is 431 Å². The summed E-state index contributed by atoms with van der Waals surface area (Å²) in [7, 11) is 0. The lowest BCUT2D eigenvalue weighted by Crippen LogP contribution is -2.26. The van der Waals surface area contributed by atoms with Crippen molar-refractivity contribution in [2.75, 3.05) is 36.0 Å². The molecule has 2 heterocycles. The second kappa shape index (κ2) is 38.4. The third kappa shape index (κ3) is 23.1. The van der Waals surface area contributed by atoms with E-state index in [0.29, 0.717) is 22.4 Å². The van der Waals surface area contributed by atoms with E-state index in [1.165, 1.54) is 244 Å². The van der Waals surface area contributed by atoms with Crippen molar-refractivity contribution in [3.63, 3.8) is 0 Å². The van der Waals surface area contributed by atoms with Crippen molar-refractivity contribution in [1.82, 2.24) is 0 Å². The van der Waals surface area contributed by atoms with Crippen molar-refractivity contribution < 1.29 is 19.1 Å². The highest BCUT2D eigenvalue weighted by Crippen LogP contribution is 2.42. The van der Waals surface area contributed by atoms with Crippen molar-refractivity contribution >= 4 is 28.9 Å². The number of ketones is 1. The number of nitrogens with zero attached hydrogens (tertiary/aromatic N) is 2. The fraction of sp³-hybridized carbons (Fsp3) is 0.750. The van der Waals surface area contributed by atoms with Crippen LogP contribution in [0.4, 0.5) is 11.4 Å². The van der Waals surface area contributed by atoms with Gasteiger partial charge in [-0.1, -0.05) is 259 Å². The predicted octanol–water partition coefficient (Wildman–Crippen LogP) is 20.1. The van der Waals surface area contributed by atoms with Crippen molar-refractivity contribution in [2.45, 2.75) is 285 Å². The molecule has 0 aromatic heterocycles. The molecule has 70 heavy (non-hydrogen) atoms. The Morgan fingerprint density at radius 3 is 0.957 bits per heavy atom. The monoisotopic (exact) mass is 967 g/mol. The van der Waals surface area contributed by atoms with Gasteiger partial charge in [0.05, 0.1) is 11.1 Å². The van der Waals surface area contributed by atoms with Gasteiger partial charge in [-0.15, -0.1) is 0 Å². The number of carbonyl (C=O) groups excluding carboxylic acids is 2. The average Bonchev–Trinajstić information content (AvgIpc) is 3.88. The third-order valence-electron chi connectivity index (χ3n) is 15.4. The first-order valence-electron chi connectivity index (χ1n) is 30.5. The number of ether oxygens (including phenoxy) is 2. The smallest absolute Gasteiger partial charge is 0.344 e. The van der Waals surface area contributed by atoms with Crippen molar-refractivity contribution in [2.24, 2.45) is 0 Å². The number of hydrogen-bond acceptors (Lipinski definition) is 6. The molecule has 2 aromatic rings. The normalized spacial score (nSPS) is 14.1. The van der Waals surface area contributed by atoms with Crippen LogP contribution in [0.15, 0.2) is 42.2 Å². The molecule has 0 radical (unpaired) electrons. The lowest BCUT2D eigenvalue weighted by atomic mass is 10.0. The van der Waals surface area contributed by atoms with Crippen LogP contribution < -0.4 is 14.5 Å². The molecule has 2 aromatic carbocycles. The molecule has 0 aliphatic carbocycles. The molecule has 2 aliphatic rings. The number of rotatable bonds is 46. The molecule has 6 nitrogen and oxygen atoms in total. The van der Waals surface area contributed by atoms with Crippen LogP contribution in [0, 0.1) is 0 Å². The zero-order valence-electron chi connectivity index (χ0n) is 46.1. The molecule has 2 aliphatic heterocycles. The van der Waals surface area contributed by atoms with E-state index in [1.807, 2.05) is 12.1 Å². The van der Waals surface area contributed by atoms with Gasteiger partial charge in [-0.25, -0.2) is 4.79 Å². The second-order valence-corrected chi connectivity index (χ2v) is 21.6. The number of esters is 1. The number of unbranched alkanes of at least 4 members (excludes halogenated alkanes) is 36. The van der Waals surface area contributed by atoms with Crippen LogP contribution in [0.5, 0.6) is 5.75 Å². The third-order valence-corrected chi connectivity index (χ3v) is 15.4. The van der Waals surface area contributed by atoms with E-state index >= 15 is 0 Å². The summed E-state index contributed by atoms with van der Waals surface area (Å²) in [5.74, 6) is 0.377. The summed E-state index contributed by atoms with van der Waals surface area (Å²) in [6, 6.07) is 12.2. The minimum atomic E-state index is -0.410. The van der Waals surface area contributed by atoms with E-state index < -0.39 is 5.97 Å². The number of hydrogen-bond donors (Lipinski definition) is 0. The van der Waals surface area contributed by atoms with Crippen molar-refractivity contribution in [3.05, 3.63) is 58.8 Å². The lowest BCUT2D eigenvalue weighted by Gasteiger charge is -2.25. The number of fused-ring (bicyclic) bond motifs is 2. The van der Waals surface area contributed by atoms with E-state index in [9.17, 15) is 9.59 Å². The Balaban J connectivity index is 1.41.